The summed E-state index contributed by atoms with van der Waals surface area (Å²) in [5.41, 5.74) is 3.09. The summed E-state index contributed by atoms with van der Waals surface area (Å²) < 4.78 is 6.26. The summed E-state index contributed by atoms with van der Waals surface area (Å²) in [6, 6.07) is 0. The lowest BCUT2D eigenvalue weighted by Crippen LogP contribution is -2.62. The standard InChI is InChI=1S/C38H59NO4/c1-21(2)32-29(41)19-38(35(5,6)39-9)17-13-28-25(33(32)38)10-11-31-36(7)16-14-30(23(4)27(36)12-15-37(28,31)8)43-34(42)26-18-24(20-40)22(26)3/h20-28,30-31,39H,10-19H2,1-9H3. The normalized spacial score (nSPS) is 47.7. The number of fused-ring (bicyclic) bond motifs is 7. The van der Waals surface area contributed by atoms with Crippen LogP contribution in [0.5, 0.6) is 0 Å². The maximum Gasteiger partial charge on any atom is 0.309 e. The third-order valence-electron chi connectivity index (χ3n) is 15.5. The molecule has 0 heterocycles. The number of hydrogen-bond acceptors (Lipinski definition) is 5. The van der Waals surface area contributed by atoms with Crippen molar-refractivity contribution in [3.8, 4) is 0 Å². The van der Waals surface area contributed by atoms with Crippen molar-refractivity contribution in [3.05, 3.63) is 11.1 Å². The van der Waals surface area contributed by atoms with Crippen LogP contribution in [-0.4, -0.2) is 36.7 Å². The summed E-state index contributed by atoms with van der Waals surface area (Å²) in [5.74, 6) is 3.38. The zero-order valence-corrected chi connectivity index (χ0v) is 28.6. The van der Waals surface area contributed by atoms with Crippen LogP contribution in [0.2, 0.25) is 0 Å². The van der Waals surface area contributed by atoms with Gasteiger partial charge in [0.1, 0.15) is 12.4 Å². The summed E-state index contributed by atoms with van der Waals surface area (Å²) >= 11 is 0. The summed E-state index contributed by atoms with van der Waals surface area (Å²) in [6.07, 6.45) is 11.7. The van der Waals surface area contributed by atoms with Crippen molar-refractivity contribution < 1.29 is 19.1 Å². The van der Waals surface area contributed by atoms with E-state index in [1.807, 2.05) is 6.92 Å². The number of allylic oxidation sites excluding steroid dienone is 1. The quantitative estimate of drug-likeness (QED) is 0.254. The molecule has 6 aliphatic carbocycles. The molecule has 0 saturated heterocycles. The molecule has 0 spiro atoms. The molecule has 5 nitrogen and oxygen atoms in total. The van der Waals surface area contributed by atoms with Gasteiger partial charge in [0.05, 0.1) is 5.92 Å². The van der Waals surface area contributed by atoms with Crippen LogP contribution in [0, 0.1) is 69.5 Å². The Hall–Kier alpha value is -1.49. The Balaban J connectivity index is 1.25. The largest absolute Gasteiger partial charge is 0.462 e. The number of esters is 1. The van der Waals surface area contributed by atoms with Crippen molar-refractivity contribution in [2.75, 3.05) is 7.05 Å². The highest BCUT2D eigenvalue weighted by molar-refractivity contribution is 6.01. The van der Waals surface area contributed by atoms with Gasteiger partial charge in [-0.1, -0.05) is 47.1 Å². The van der Waals surface area contributed by atoms with E-state index >= 15 is 0 Å². The molecule has 6 aliphatic rings. The second kappa shape index (κ2) is 10.5. The minimum absolute atomic E-state index is 0.00363. The zero-order valence-electron chi connectivity index (χ0n) is 28.6. The summed E-state index contributed by atoms with van der Waals surface area (Å²) in [7, 11) is 2.08. The minimum Gasteiger partial charge on any atom is -0.462 e. The van der Waals surface area contributed by atoms with Gasteiger partial charge in [0.2, 0.25) is 0 Å². The third kappa shape index (κ3) is 4.28. The number of hydrogen-bond donors (Lipinski definition) is 1. The van der Waals surface area contributed by atoms with E-state index in [0.717, 1.165) is 25.5 Å². The van der Waals surface area contributed by atoms with Crippen molar-refractivity contribution in [1.82, 2.24) is 5.32 Å². The SMILES string of the molecule is CNC(C)(C)C12CCC3C(CCC4C3(C)CCC3C(C)C(OC(=O)C5CC(C=O)C5C)CCC34C)C1=C(C(C)C)C(=O)C2. The molecular formula is C38H59NO4. The molecular weight excluding hydrogens is 534 g/mol. The first-order chi connectivity index (χ1) is 20.2. The van der Waals surface area contributed by atoms with Gasteiger partial charge in [0, 0.05) is 23.3 Å². The van der Waals surface area contributed by atoms with Gasteiger partial charge in [-0.2, -0.15) is 0 Å². The average molecular weight is 594 g/mol. The number of rotatable bonds is 6. The van der Waals surface area contributed by atoms with Crippen molar-refractivity contribution >= 4 is 18.0 Å². The van der Waals surface area contributed by atoms with E-state index in [1.165, 1.54) is 37.7 Å². The Morgan fingerprint density at radius 1 is 0.977 bits per heavy atom. The van der Waals surface area contributed by atoms with E-state index in [-0.39, 0.29) is 57.5 Å². The Kier molecular flexibility index (Phi) is 7.71. The molecule has 5 fully saturated rings. The number of aldehydes is 1. The molecule has 6 rings (SSSR count). The fourth-order valence-electron chi connectivity index (χ4n) is 12.7. The molecule has 0 aromatic heterocycles. The van der Waals surface area contributed by atoms with Crippen LogP contribution in [0.15, 0.2) is 11.1 Å². The third-order valence-corrected chi connectivity index (χ3v) is 15.5. The smallest absolute Gasteiger partial charge is 0.309 e. The van der Waals surface area contributed by atoms with E-state index in [9.17, 15) is 14.4 Å². The number of ketones is 1. The molecule has 43 heavy (non-hydrogen) atoms. The fourth-order valence-corrected chi connectivity index (χ4v) is 12.7. The van der Waals surface area contributed by atoms with Crippen molar-refractivity contribution in [3.63, 3.8) is 0 Å². The van der Waals surface area contributed by atoms with Gasteiger partial charge in [-0.25, -0.2) is 0 Å². The highest BCUT2D eigenvalue weighted by Gasteiger charge is 2.66. The Morgan fingerprint density at radius 3 is 2.26 bits per heavy atom. The molecule has 12 atom stereocenters. The monoisotopic (exact) mass is 593 g/mol. The van der Waals surface area contributed by atoms with Crippen LogP contribution < -0.4 is 5.32 Å². The molecule has 0 aliphatic heterocycles. The maximum atomic E-state index is 13.7. The Morgan fingerprint density at radius 2 is 1.63 bits per heavy atom. The predicted octanol–water partition coefficient (Wildman–Crippen LogP) is 7.57. The first-order valence-electron chi connectivity index (χ1n) is 17.8. The summed E-state index contributed by atoms with van der Waals surface area (Å²) in [4.78, 5) is 38.1. The highest BCUT2D eigenvalue weighted by atomic mass is 16.5. The van der Waals surface area contributed by atoms with Gasteiger partial charge in [-0.15, -0.1) is 0 Å². The zero-order chi connectivity index (χ0) is 31.3. The molecule has 5 heteroatoms. The summed E-state index contributed by atoms with van der Waals surface area (Å²) in [6.45, 7) is 18.7. The first-order valence-corrected chi connectivity index (χ1v) is 17.8. The first kappa shape index (κ1) is 31.5. The second-order valence-electron chi connectivity index (χ2n) is 17.5. The molecule has 0 aromatic carbocycles. The van der Waals surface area contributed by atoms with Crippen LogP contribution in [0.25, 0.3) is 0 Å². The Labute approximate surface area is 261 Å². The number of ether oxygens (including phenoxy) is 1. The molecule has 0 aromatic rings. The van der Waals surface area contributed by atoms with Crippen molar-refractivity contribution in [2.45, 2.75) is 131 Å². The molecule has 0 radical (unpaired) electrons. The average Bonchev–Trinajstić information content (AvgIpc) is 3.28. The lowest BCUT2D eigenvalue weighted by Gasteiger charge is -2.68. The van der Waals surface area contributed by atoms with Crippen LogP contribution >= 0.6 is 0 Å². The number of carbonyl (C=O) groups is 3. The molecule has 5 saturated carbocycles. The van der Waals surface area contributed by atoms with Gasteiger partial charge in [0.25, 0.3) is 0 Å². The molecule has 0 bridgehead atoms. The van der Waals surface area contributed by atoms with Gasteiger partial charge >= 0.3 is 5.97 Å². The lowest BCUT2D eigenvalue weighted by atomic mass is 9.37. The van der Waals surface area contributed by atoms with E-state index in [4.69, 9.17) is 4.74 Å². The Bertz CT molecular complexity index is 1200. The van der Waals surface area contributed by atoms with Crippen molar-refractivity contribution in [1.29, 1.82) is 0 Å². The van der Waals surface area contributed by atoms with Crippen molar-refractivity contribution in [2.24, 2.45) is 69.5 Å². The predicted molar refractivity (Wildman–Crippen MR) is 170 cm³/mol. The second-order valence-corrected chi connectivity index (χ2v) is 17.5. The van der Waals surface area contributed by atoms with Gasteiger partial charge in [-0.3, -0.25) is 9.59 Å². The van der Waals surface area contributed by atoms with Gasteiger partial charge in [-0.05, 0) is 137 Å². The van der Waals surface area contributed by atoms with Crippen LogP contribution in [-0.2, 0) is 19.1 Å². The van der Waals surface area contributed by atoms with Gasteiger partial charge in [0.15, 0.2) is 5.78 Å². The van der Waals surface area contributed by atoms with E-state index in [2.05, 4.69) is 60.8 Å². The minimum atomic E-state index is -0.113. The summed E-state index contributed by atoms with van der Waals surface area (Å²) in [5, 5.41) is 3.66. The highest BCUT2D eigenvalue weighted by Crippen LogP contribution is 2.72. The topological polar surface area (TPSA) is 72.5 Å². The number of nitrogens with one attached hydrogen (secondary N) is 1. The van der Waals surface area contributed by atoms with Crippen LogP contribution in [0.1, 0.15) is 120 Å². The number of Topliss-reactive ketones (excluding diaryl/α,β-unsaturated/α-hetero) is 1. The van der Waals surface area contributed by atoms with Crippen LogP contribution in [0.3, 0.4) is 0 Å². The fraction of sp³-hybridized carbons (Fsp3) is 0.868. The van der Waals surface area contributed by atoms with Gasteiger partial charge < -0.3 is 14.8 Å². The van der Waals surface area contributed by atoms with E-state index in [1.54, 1.807) is 5.57 Å². The maximum absolute atomic E-state index is 13.7. The number of carbonyl (C=O) groups excluding carboxylic acids is 3. The van der Waals surface area contributed by atoms with Crippen LogP contribution in [0.4, 0.5) is 0 Å². The van der Waals surface area contributed by atoms with E-state index in [0.29, 0.717) is 48.2 Å². The molecule has 240 valence electrons. The molecule has 12 unspecified atom stereocenters. The van der Waals surface area contributed by atoms with E-state index < -0.39 is 0 Å². The molecule has 0 amide bonds. The molecule has 1 N–H and O–H groups in total. The lowest BCUT2D eigenvalue weighted by molar-refractivity contribution is -0.196.